The number of likely N-dealkylation sites (N-methyl/N-ethyl adjacent to an activating group) is 1. The van der Waals surface area contributed by atoms with Crippen molar-refractivity contribution >= 4 is 5.97 Å². The lowest BCUT2D eigenvalue weighted by Crippen LogP contribution is -2.36. The van der Waals surface area contributed by atoms with Gasteiger partial charge in [-0.1, -0.05) is 12.1 Å². The van der Waals surface area contributed by atoms with E-state index in [9.17, 15) is 9.18 Å². The van der Waals surface area contributed by atoms with Crippen molar-refractivity contribution in [2.45, 2.75) is 19.4 Å². The number of nitrogens with one attached hydrogen (secondary N) is 1. The van der Waals surface area contributed by atoms with Crippen LogP contribution in [0.15, 0.2) is 24.3 Å². The molecular formula is C13H18FNO3. The molecule has 0 bridgehead atoms. The fraction of sp³-hybridized carbons (Fsp3) is 0.462. The average molecular weight is 255 g/mol. The molecule has 1 N–H and O–H groups in total. The van der Waals surface area contributed by atoms with Gasteiger partial charge in [-0.2, -0.15) is 0 Å². The van der Waals surface area contributed by atoms with Gasteiger partial charge in [-0.25, -0.2) is 4.39 Å². The van der Waals surface area contributed by atoms with Gasteiger partial charge < -0.3 is 14.8 Å². The first kappa shape index (κ1) is 14.4. The van der Waals surface area contributed by atoms with Gasteiger partial charge in [-0.05, 0) is 26.1 Å². The van der Waals surface area contributed by atoms with E-state index in [1.807, 2.05) is 0 Å². The van der Waals surface area contributed by atoms with E-state index in [4.69, 9.17) is 9.47 Å². The highest BCUT2D eigenvalue weighted by Crippen LogP contribution is 2.15. The molecule has 0 saturated heterocycles. The summed E-state index contributed by atoms with van der Waals surface area (Å²) in [5.74, 6) is -0.539. The van der Waals surface area contributed by atoms with E-state index in [1.165, 1.54) is 6.07 Å². The number of carbonyl (C=O) groups is 1. The highest BCUT2D eigenvalue weighted by Gasteiger charge is 2.17. The van der Waals surface area contributed by atoms with Crippen LogP contribution >= 0.6 is 0 Å². The Morgan fingerprint density at radius 3 is 2.78 bits per heavy atom. The van der Waals surface area contributed by atoms with Crippen molar-refractivity contribution in [1.82, 2.24) is 5.32 Å². The number of ether oxygens (including phenoxy) is 2. The molecule has 0 aliphatic rings. The lowest BCUT2D eigenvalue weighted by molar-refractivity contribution is -0.145. The molecule has 0 heterocycles. The Morgan fingerprint density at radius 2 is 2.17 bits per heavy atom. The SMILES string of the molecule is CCOC(=O)C(CCOc1ccccc1F)NC. The molecule has 18 heavy (non-hydrogen) atoms. The maximum Gasteiger partial charge on any atom is 0.323 e. The Labute approximate surface area is 106 Å². The minimum absolute atomic E-state index is 0.191. The van der Waals surface area contributed by atoms with Gasteiger partial charge in [0, 0.05) is 6.42 Å². The molecule has 0 aliphatic heterocycles. The normalized spacial score (nSPS) is 11.9. The summed E-state index contributed by atoms with van der Waals surface area (Å²) >= 11 is 0. The summed E-state index contributed by atoms with van der Waals surface area (Å²) in [5, 5.41) is 2.84. The highest BCUT2D eigenvalue weighted by molar-refractivity contribution is 5.75. The quantitative estimate of drug-likeness (QED) is 0.754. The van der Waals surface area contributed by atoms with Crippen molar-refractivity contribution in [1.29, 1.82) is 0 Å². The average Bonchev–Trinajstić information content (AvgIpc) is 2.37. The van der Waals surface area contributed by atoms with Crippen molar-refractivity contribution in [2.75, 3.05) is 20.3 Å². The molecule has 1 rings (SSSR count). The van der Waals surface area contributed by atoms with E-state index in [2.05, 4.69) is 5.32 Å². The first-order valence-electron chi connectivity index (χ1n) is 5.90. The first-order valence-corrected chi connectivity index (χ1v) is 5.90. The van der Waals surface area contributed by atoms with E-state index in [1.54, 1.807) is 32.2 Å². The Morgan fingerprint density at radius 1 is 1.44 bits per heavy atom. The zero-order valence-electron chi connectivity index (χ0n) is 10.6. The Hall–Kier alpha value is -1.62. The molecule has 0 aliphatic carbocycles. The lowest BCUT2D eigenvalue weighted by Gasteiger charge is -2.15. The van der Waals surface area contributed by atoms with Gasteiger partial charge in [0.1, 0.15) is 6.04 Å². The lowest BCUT2D eigenvalue weighted by atomic mass is 10.2. The maximum atomic E-state index is 13.2. The first-order chi connectivity index (χ1) is 8.69. The smallest absolute Gasteiger partial charge is 0.323 e. The van der Waals surface area contributed by atoms with Gasteiger partial charge in [0.2, 0.25) is 0 Å². The molecule has 1 aromatic rings. The second-order valence-corrected chi connectivity index (χ2v) is 3.66. The molecule has 1 atom stereocenters. The molecule has 0 amide bonds. The summed E-state index contributed by atoms with van der Waals surface area (Å²) in [5.41, 5.74) is 0. The zero-order valence-corrected chi connectivity index (χ0v) is 10.6. The topological polar surface area (TPSA) is 47.6 Å². The minimum atomic E-state index is -0.434. The number of rotatable bonds is 7. The molecule has 4 nitrogen and oxygen atoms in total. The van der Waals surface area contributed by atoms with Crippen LogP contribution in [0.1, 0.15) is 13.3 Å². The van der Waals surface area contributed by atoms with E-state index < -0.39 is 11.9 Å². The van der Waals surface area contributed by atoms with E-state index in [-0.39, 0.29) is 18.3 Å². The standard InChI is InChI=1S/C13H18FNO3/c1-3-17-13(16)11(15-2)8-9-18-12-7-5-4-6-10(12)14/h4-7,11,15H,3,8-9H2,1-2H3. The van der Waals surface area contributed by atoms with E-state index in [0.717, 1.165) is 0 Å². The fourth-order valence-electron chi connectivity index (χ4n) is 1.47. The summed E-state index contributed by atoms with van der Waals surface area (Å²) in [7, 11) is 1.67. The number of para-hydroxylation sites is 1. The van der Waals surface area contributed by atoms with Crippen LogP contribution in [0.2, 0.25) is 0 Å². The molecular weight excluding hydrogens is 237 g/mol. The summed E-state index contributed by atoms with van der Waals surface area (Å²) in [6, 6.07) is 5.73. The van der Waals surface area contributed by atoms with Crippen LogP contribution < -0.4 is 10.1 Å². The van der Waals surface area contributed by atoms with Crippen molar-refractivity contribution in [3.63, 3.8) is 0 Å². The molecule has 0 radical (unpaired) electrons. The molecule has 5 heteroatoms. The van der Waals surface area contributed by atoms with Crippen LogP contribution in [-0.2, 0) is 9.53 Å². The number of halogens is 1. The Kier molecular flexibility index (Phi) is 6.14. The number of benzene rings is 1. The van der Waals surface area contributed by atoms with Gasteiger partial charge in [0.05, 0.1) is 13.2 Å². The van der Waals surface area contributed by atoms with Crippen molar-refractivity contribution in [3.8, 4) is 5.75 Å². The van der Waals surface area contributed by atoms with Crippen LogP contribution in [0, 0.1) is 5.82 Å². The zero-order chi connectivity index (χ0) is 13.4. The minimum Gasteiger partial charge on any atom is -0.490 e. The second-order valence-electron chi connectivity index (χ2n) is 3.66. The Bertz CT molecular complexity index is 384. The van der Waals surface area contributed by atoms with Gasteiger partial charge in [-0.3, -0.25) is 4.79 Å². The largest absolute Gasteiger partial charge is 0.490 e. The van der Waals surface area contributed by atoms with Crippen LogP contribution in [0.5, 0.6) is 5.75 Å². The fourth-order valence-corrected chi connectivity index (χ4v) is 1.47. The van der Waals surface area contributed by atoms with Crippen LogP contribution in [0.3, 0.4) is 0 Å². The predicted octanol–water partition coefficient (Wildman–Crippen LogP) is 1.75. The molecule has 0 saturated carbocycles. The van der Waals surface area contributed by atoms with Gasteiger partial charge in [0.25, 0.3) is 0 Å². The molecule has 0 spiro atoms. The van der Waals surface area contributed by atoms with Gasteiger partial charge in [0.15, 0.2) is 11.6 Å². The summed E-state index contributed by atoms with van der Waals surface area (Å²) in [6.45, 7) is 2.33. The third-order valence-electron chi connectivity index (χ3n) is 2.42. The Balaban J connectivity index is 2.40. The van der Waals surface area contributed by atoms with E-state index in [0.29, 0.717) is 13.0 Å². The second kappa shape index (κ2) is 7.66. The third kappa shape index (κ3) is 4.33. The monoisotopic (exact) mass is 255 g/mol. The highest BCUT2D eigenvalue weighted by atomic mass is 19.1. The third-order valence-corrected chi connectivity index (χ3v) is 2.42. The number of esters is 1. The molecule has 0 aromatic heterocycles. The maximum absolute atomic E-state index is 13.2. The van der Waals surface area contributed by atoms with Crippen molar-refractivity contribution in [3.05, 3.63) is 30.1 Å². The van der Waals surface area contributed by atoms with Crippen LogP contribution in [0.4, 0.5) is 4.39 Å². The number of hydrogen-bond acceptors (Lipinski definition) is 4. The van der Waals surface area contributed by atoms with Crippen molar-refractivity contribution in [2.24, 2.45) is 0 Å². The van der Waals surface area contributed by atoms with Crippen molar-refractivity contribution < 1.29 is 18.7 Å². The summed E-state index contributed by atoms with van der Waals surface area (Å²) in [4.78, 5) is 11.5. The molecule has 1 unspecified atom stereocenters. The summed E-state index contributed by atoms with van der Waals surface area (Å²) in [6.07, 6.45) is 0.420. The number of carbonyl (C=O) groups excluding carboxylic acids is 1. The van der Waals surface area contributed by atoms with E-state index >= 15 is 0 Å². The number of hydrogen-bond donors (Lipinski definition) is 1. The molecule has 0 fully saturated rings. The predicted molar refractivity (Wildman–Crippen MR) is 66.0 cm³/mol. The summed E-state index contributed by atoms with van der Waals surface area (Å²) < 4.78 is 23.4. The van der Waals surface area contributed by atoms with Gasteiger partial charge >= 0.3 is 5.97 Å². The van der Waals surface area contributed by atoms with Crippen LogP contribution in [0.25, 0.3) is 0 Å². The molecule has 100 valence electrons. The molecule has 1 aromatic carbocycles. The van der Waals surface area contributed by atoms with Gasteiger partial charge in [-0.15, -0.1) is 0 Å². The van der Waals surface area contributed by atoms with Crippen LogP contribution in [-0.4, -0.2) is 32.3 Å².